The monoisotopic (exact) mass is 196 g/mol. The van der Waals surface area contributed by atoms with Crippen LogP contribution >= 0.6 is 0 Å². The summed E-state index contributed by atoms with van der Waals surface area (Å²) in [5, 5.41) is 3.62. The lowest BCUT2D eigenvalue weighted by Crippen LogP contribution is -2.39. The molecule has 1 N–H and O–H groups in total. The van der Waals surface area contributed by atoms with Crippen molar-refractivity contribution in [2.75, 3.05) is 26.2 Å². The van der Waals surface area contributed by atoms with E-state index in [-0.39, 0.29) is 0 Å². The van der Waals surface area contributed by atoms with Crippen molar-refractivity contribution < 1.29 is 0 Å². The summed E-state index contributed by atoms with van der Waals surface area (Å²) in [6.07, 6.45) is 1.36. The van der Waals surface area contributed by atoms with Crippen molar-refractivity contribution in [2.45, 2.75) is 33.2 Å². The van der Waals surface area contributed by atoms with Gasteiger partial charge in [0.1, 0.15) is 0 Å². The van der Waals surface area contributed by atoms with Crippen LogP contribution in [-0.2, 0) is 0 Å². The van der Waals surface area contributed by atoms with E-state index < -0.39 is 0 Å². The summed E-state index contributed by atoms with van der Waals surface area (Å²) in [7, 11) is 0. The van der Waals surface area contributed by atoms with Crippen LogP contribution in [0, 0.1) is 17.8 Å². The molecular formula is C12H24N2. The van der Waals surface area contributed by atoms with Crippen LogP contribution in [0.3, 0.4) is 0 Å². The van der Waals surface area contributed by atoms with E-state index in [1.54, 1.807) is 0 Å². The van der Waals surface area contributed by atoms with E-state index in [4.69, 9.17) is 0 Å². The maximum atomic E-state index is 3.62. The molecule has 4 atom stereocenters. The minimum Gasteiger partial charge on any atom is -0.312 e. The summed E-state index contributed by atoms with van der Waals surface area (Å²) in [6, 6.07) is 0.757. The fraction of sp³-hybridized carbons (Fsp3) is 1.00. The molecule has 0 saturated carbocycles. The molecule has 2 heterocycles. The first-order valence-corrected chi connectivity index (χ1v) is 6.12. The molecule has 82 valence electrons. The van der Waals surface area contributed by atoms with Crippen LogP contribution in [0.1, 0.15) is 27.2 Å². The Morgan fingerprint density at radius 1 is 1.07 bits per heavy atom. The summed E-state index contributed by atoms with van der Waals surface area (Å²) in [5.74, 6) is 2.67. The molecule has 14 heavy (non-hydrogen) atoms. The van der Waals surface area contributed by atoms with Crippen LogP contribution in [0.2, 0.25) is 0 Å². The van der Waals surface area contributed by atoms with Crippen molar-refractivity contribution in [3.63, 3.8) is 0 Å². The van der Waals surface area contributed by atoms with E-state index >= 15 is 0 Å². The minimum absolute atomic E-state index is 0.757. The minimum atomic E-state index is 0.757. The van der Waals surface area contributed by atoms with Crippen molar-refractivity contribution in [1.29, 1.82) is 0 Å². The van der Waals surface area contributed by atoms with Crippen LogP contribution in [0.5, 0.6) is 0 Å². The maximum Gasteiger partial charge on any atom is 0.0221 e. The summed E-state index contributed by atoms with van der Waals surface area (Å²) in [4.78, 5) is 2.65. The average molecular weight is 196 g/mol. The van der Waals surface area contributed by atoms with Crippen LogP contribution in [0.4, 0.5) is 0 Å². The van der Waals surface area contributed by atoms with Gasteiger partial charge in [-0.25, -0.2) is 0 Å². The summed E-state index contributed by atoms with van der Waals surface area (Å²) < 4.78 is 0. The standard InChI is InChI=1S/C12H24N2/c1-9-4-5-13-12(9)8-14-6-10(2)11(3)7-14/h9-13H,4-8H2,1-3H3. The third-order valence-electron chi connectivity index (χ3n) is 4.21. The largest absolute Gasteiger partial charge is 0.312 e. The Balaban J connectivity index is 1.81. The SMILES string of the molecule is CC1CN(CC2NCCC2C)CC1C. The molecule has 0 aromatic heterocycles. The van der Waals surface area contributed by atoms with E-state index in [1.165, 1.54) is 32.6 Å². The molecule has 0 amide bonds. The van der Waals surface area contributed by atoms with Crippen molar-refractivity contribution in [1.82, 2.24) is 10.2 Å². The van der Waals surface area contributed by atoms with Gasteiger partial charge in [-0.05, 0) is 30.7 Å². The van der Waals surface area contributed by atoms with Gasteiger partial charge in [-0.1, -0.05) is 20.8 Å². The van der Waals surface area contributed by atoms with Gasteiger partial charge in [-0.15, -0.1) is 0 Å². The van der Waals surface area contributed by atoms with E-state index in [1.807, 2.05) is 0 Å². The molecular weight excluding hydrogens is 172 g/mol. The quantitative estimate of drug-likeness (QED) is 0.721. The molecule has 0 bridgehead atoms. The van der Waals surface area contributed by atoms with Gasteiger partial charge in [-0.3, -0.25) is 0 Å². The third kappa shape index (κ3) is 2.12. The van der Waals surface area contributed by atoms with Gasteiger partial charge < -0.3 is 10.2 Å². The molecule has 0 aromatic carbocycles. The first-order chi connectivity index (χ1) is 6.66. The molecule has 2 fully saturated rings. The molecule has 2 rings (SSSR count). The Bertz CT molecular complexity index is 183. The smallest absolute Gasteiger partial charge is 0.0221 e. The van der Waals surface area contributed by atoms with Gasteiger partial charge in [0, 0.05) is 25.7 Å². The molecule has 0 aromatic rings. The molecule has 2 nitrogen and oxygen atoms in total. The number of hydrogen-bond donors (Lipinski definition) is 1. The molecule has 0 radical (unpaired) electrons. The van der Waals surface area contributed by atoms with E-state index in [0.717, 1.165) is 23.8 Å². The second kappa shape index (κ2) is 4.19. The lowest BCUT2D eigenvalue weighted by Gasteiger charge is -2.23. The van der Waals surface area contributed by atoms with Gasteiger partial charge in [0.25, 0.3) is 0 Å². The van der Waals surface area contributed by atoms with E-state index in [9.17, 15) is 0 Å². The molecule has 2 saturated heterocycles. The Labute approximate surface area is 88.1 Å². The van der Waals surface area contributed by atoms with Crippen LogP contribution < -0.4 is 5.32 Å². The van der Waals surface area contributed by atoms with Crippen molar-refractivity contribution in [3.05, 3.63) is 0 Å². The van der Waals surface area contributed by atoms with Crippen LogP contribution in [0.15, 0.2) is 0 Å². The van der Waals surface area contributed by atoms with Gasteiger partial charge in [-0.2, -0.15) is 0 Å². The van der Waals surface area contributed by atoms with Gasteiger partial charge in [0.2, 0.25) is 0 Å². The fourth-order valence-corrected chi connectivity index (χ4v) is 2.82. The first-order valence-electron chi connectivity index (χ1n) is 6.12. The zero-order valence-corrected chi connectivity index (χ0v) is 9.79. The second-order valence-corrected chi connectivity index (χ2v) is 5.50. The molecule has 4 unspecified atom stereocenters. The van der Waals surface area contributed by atoms with Gasteiger partial charge in [0.05, 0.1) is 0 Å². The lowest BCUT2D eigenvalue weighted by atomic mass is 10.0. The average Bonchev–Trinajstić information content (AvgIpc) is 2.63. The Kier molecular flexibility index (Phi) is 3.13. The highest BCUT2D eigenvalue weighted by Gasteiger charge is 2.30. The zero-order chi connectivity index (χ0) is 10.1. The van der Waals surface area contributed by atoms with Crippen molar-refractivity contribution >= 4 is 0 Å². The normalized spacial score (nSPS) is 44.8. The van der Waals surface area contributed by atoms with Crippen molar-refractivity contribution in [2.24, 2.45) is 17.8 Å². The number of nitrogens with one attached hydrogen (secondary N) is 1. The molecule has 0 aliphatic carbocycles. The Hall–Kier alpha value is -0.0800. The summed E-state index contributed by atoms with van der Waals surface area (Å²) in [6.45, 7) is 12.3. The predicted molar refractivity (Wildman–Crippen MR) is 60.3 cm³/mol. The number of likely N-dealkylation sites (tertiary alicyclic amines) is 1. The second-order valence-electron chi connectivity index (χ2n) is 5.50. The van der Waals surface area contributed by atoms with Crippen molar-refractivity contribution in [3.8, 4) is 0 Å². The highest BCUT2D eigenvalue weighted by Crippen LogP contribution is 2.24. The highest BCUT2D eigenvalue weighted by molar-refractivity contribution is 4.87. The number of nitrogens with zero attached hydrogens (tertiary/aromatic N) is 1. The van der Waals surface area contributed by atoms with E-state index in [0.29, 0.717) is 0 Å². The first kappa shape index (κ1) is 10.4. The molecule has 2 heteroatoms. The fourth-order valence-electron chi connectivity index (χ4n) is 2.82. The Morgan fingerprint density at radius 3 is 2.21 bits per heavy atom. The lowest BCUT2D eigenvalue weighted by molar-refractivity contribution is 0.269. The summed E-state index contributed by atoms with van der Waals surface area (Å²) >= 11 is 0. The Morgan fingerprint density at radius 2 is 1.71 bits per heavy atom. The van der Waals surface area contributed by atoms with Crippen LogP contribution in [0.25, 0.3) is 0 Å². The van der Waals surface area contributed by atoms with E-state index in [2.05, 4.69) is 31.0 Å². The zero-order valence-electron chi connectivity index (χ0n) is 9.79. The third-order valence-corrected chi connectivity index (χ3v) is 4.21. The van der Waals surface area contributed by atoms with Gasteiger partial charge >= 0.3 is 0 Å². The summed E-state index contributed by atoms with van der Waals surface area (Å²) in [5.41, 5.74) is 0. The van der Waals surface area contributed by atoms with Gasteiger partial charge in [0.15, 0.2) is 0 Å². The topological polar surface area (TPSA) is 15.3 Å². The number of rotatable bonds is 2. The number of hydrogen-bond acceptors (Lipinski definition) is 2. The van der Waals surface area contributed by atoms with Crippen LogP contribution in [-0.4, -0.2) is 37.1 Å². The molecule has 2 aliphatic heterocycles. The predicted octanol–water partition coefficient (Wildman–Crippen LogP) is 1.57. The highest BCUT2D eigenvalue weighted by atomic mass is 15.2. The molecule has 0 spiro atoms. The maximum absolute atomic E-state index is 3.62. The molecule has 2 aliphatic rings.